The standard InChI is InChI=1S/C16H14N4O2/c21-14-10(7-8-11(17-14)9-5-6-9)15(22)20-16-18-12-3-1-2-4-13(12)19-16/h1-4,7-9H,5-6H2,(H,17,21)(H2,18,19,20,22). The number of hydrogen-bond donors (Lipinski definition) is 3. The number of amides is 1. The highest BCUT2D eigenvalue weighted by molar-refractivity contribution is 6.03. The molecule has 1 saturated carbocycles. The molecule has 0 spiro atoms. The molecule has 6 heteroatoms. The number of rotatable bonds is 3. The second kappa shape index (κ2) is 4.84. The van der Waals surface area contributed by atoms with Gasteiger partial charge in [0.2, 0.25) is 5.95 Å². The molecule has 2 heterocycles. The number of aromatic nitrogens is 3. The van der Waals surface area contributed by atoms with E-state index in [1.165, 1.54) is 0 Å². The molecule has 6 nitrogen and oxygen atoms in total. The number of fused-ring (bicyclic) bond motifs is 1. The van der Waals surface area contributed by atoms with Crippen LogP contribution < -0.4 is 10.9 Å². The van der Waals surface area contributed by atoms with Gasteiger partial charge in [0.15, 0.2) is 0 Å². The van der Waals surface area contributed by atoms with Gasteiger partial charge in [0.1, 0.15) is 5.56 Å². The van der Waals surface area contributed by atoms with Gasteiger partial charge in [-0.05, 0) is 43.0 Å². The molecule has 1 aromatic carbocycles. The SMILES string of the molecule is O=C(Nc1nc2ccccc2[nH]1)c1ccc(C2CC2)[nH]c1=O. The zero-order chi connectivity index (χ0) is 15.1. The van der Waals surface area contributed by atoms with Crippen molar-refractivity contribution < 1.29 is 4.79 Å². The zero-order valence-electron chi connectivity index (χ0n) is 11.7. The lowest BCUT2D eigenvalue weighted by molar-refractivity contribution is 0.102. The number of imidazole rings is 1. The Morgan fingerprint density at radius 2 is 1.95 bits per heavy atom. The highest BCUT2D eigenvalue weighted by atomic mass is 16.2. The summed E-state index contributed by atoms with van der Waals surface area (Å²) in [6.07, 6.45) is 2.20. The highest BCUT2D eigenvalue weighted by Crippen LogP contribution is 2.38. The molecule has 1 aliphatic carbocycles. The number of aromatic amines is 2. The van der Waals surface area contributed by atoms with Gasteiger partial charge in [-0.2, -0.15) is 0 Å². The summed E-state index contributed by atoms with van der Waals surface area (Å²) in [6, 6.07) is 10.9. The van der Waals surface area contributed by atoms with Crippen LogP contribution in [0.2, 0.25) is 0 Å². The van der Waals surface area contributed by atoms with Crippen molar-refractivity contribution in [3.05, 3.63) is 58.0 Å². The topological polar surface area (TPSA) is 90.6 Å². The first kappa shape index (κ1) is 12.8. The fourth-order valence-corrected chi connectivity index (χ4v) is 2.49. The van der Waals surface area contributed by atoms with Crippen molar-refractivity contribution >= 4 is 22.9 Å². The van der Waals surface area contributed by atoms with Crippen LogP contribution in [0.1, 0.15) is 34.8 Å². The Bertz CT molecular complexity index is 888. The normalized spacial score (nSPS) is 14.2. The molecule has 1 aliphatic rings. The van der Waals surface area contributed by atoms with E-state index in [4.69, 9.17) is 0 Å². The highest BCUT2D eigenvalue weighted by Gasteiger charge is 2.25. The van der Waals surface area contributed by atoms with Gasteiger partial charge in [-0.25, -0.2) is 4.98 Å². The average Bonchev–Trinajstić information content (AvgIpc) is 3.27. The Labute approximate surface area is 125 Å². The predicted octanol–water partition coefficient (Wildman–Crippen LogP) is 2.38. The van der Waals surface area contributed by atoms with Gasteiger partial charge in [-0.1, -0.05) is 12.1 Å². The molecule has 0 bridgehead atoms. The molecule has 4 rings (SSSR count). The van der Waals surface area contributed by atoms with Gasteiger partial charge in [0, 0.05) is 5.69 Å². The van der Waals surface area contributed by atoms with E-state index in [9.17, 15) is 9.59 Å². The third kappa shape index (κ3) is 2.28. The lowest BCUT2D eigenvalue weighted by Gasteiger charge is -2.03. The van der Waals surface area contributed by atoms with E-state index in [1.807, 2.05) is 30.3 Å². The summed E-state index contributed by atoms with van der Waals surface area (Å²) in [4.78, 5) is 34.3. The molecule has 2 aromatic heterocycles. The number of pyridine rings is 1. The summed E-state index contributed by atoms with van der Waals surface area (Å²) < 4.78 is 0. The number of hydrogen-bond acceptors (Lipinski definition) is 3. The third-order valence-corrected chi connectivity index (χ3v) is 3.82. The minimum Gasteiger partial charge on any atom is -0.325 e. The summed E-state index contributed by atoms with van der Waals surface area (Å²) in [5.41, 5.74) is 2.22. The first-order valence-corrected chi connectivity index (χ1v) is 7.20. The second-order valence-electron chi connectivity index (χ2n) is 5.49. The van der Waals surface area contributed by atoms with Crippen LogP contribution >= 0.6 is 0 Å². The van der Waals surface area contributed by atoms with E-state index in [-0.39, 0.29) is 11.1 Å². The number of nitrogens with one attached hydrogen (secondary N) is 3. The molecular weight excluding hydrogens is 280 g/mol. The maximum absolute atomic E-state index is 12.2. The molecule has 3 N–H and O–H groups in total. The number of H-pyrrole nitrogens is 2. The predicted molar refractivity (Wildman–Crippen MR) is 83.1 cm³/mol. The van der Waals surface area contributed by atoms with Gasteiger partial charge in [-0.15, -0.1) is 0 Å². The molecule has 0 unspecified atom stereocenters. The largest absolute Gasteiger partial charge is 0.325 e. The molecule has 22 heavy (non-hydrogen) atoms. The van der Waals surface area contributed by atoms with E-state index < -0.39 is 5.91 Å². The van der Waals surface area contributed by atoms with Crippen molar-refractivity contribution in [3.8, 4) is 0 Å². The van der Waals surface area contributed by atoms with Gasteiger partial charge in [0.05, 0.1) is 11.0 Å². The molecule has 0 saturated heterocycles. The van der Waals surface area contributed by atoms with Crippen molar-refractivity contribution in [2.24, 2.45) is 0 Å². The molecule has 0 atom stereocenters. The molecule has 3 aromatic rings. The van der Waals surface area contributed by atoms with E-state index in [0.29, 0.717) is 11.9 Å². The van der Waals surface area contributed by atoms with E-state index in [0.717, 1.165) is 29.6 Å². The monoisotopic (exact) mass is 294 g/mol. The summed E-state index contributed by atoms with van der Waals surface area (Å²) in [5, 5.41) is 2.63. The van der Waals surface area contributed by atoms with Crippen LogP contribution in [0.3, 0.4) is 0 Å². The molecule has 1 amide bonds. The molecule has 1 fully saturated rings. The van der Waals surface area contributed by atoms with Gasteiger partial charge in [-0.3, -0.25) is 14.9 Å². The lowest BCUT2D eigenvalue weighted by Crippen LogP contribution is -2.24. The van der Waals surface area contributed by atoms with Crippen LogP contribution in [0.5, 0.6) is 0 Å². The Hall–Kier alpha value is -2.89. The minimum atomic E-state index is -0.470. The summed E-state index contributed by atoms with van der Waals surface area (Å²) in [6.45, 7) is 0. The van der Waals surface area contributed by atoms with Crippen LogP contribution in [0.4, 0.5) is 5.95 Å². The summed E-state index contributed by atoms with van der Waals surface area (Å²) in [7, 11) is 0. The Kier molecular flexibility index (Phi) is 2.82. The average molecular weight is 294 g/mol. The Morgan fingerprint density at radius 3 is 2.68 bits per heavy atom. The fourth-order valence-electron chi connectivity index (χ4n) is 2.49. The smallest absolute Gasteiger partial charge is 0.263 e. The van der Waals surface area contributed by atoms with Crippen LogP contribution in [0.15, 0.2) is 41.2 Å². The number of nitrogens with zero attached hydrogens (tertiary/aromatic N) is 1. The first-order valence-electron chi connectivity index (χ1n) is 7.20. The fraction of sp³-hybridized carbons (Fsp3) is 0.188. The molecule has 0 radical (unpaired) electrons. The van der Waals surface area contributed by atoms with Gasteiger partial charge in [0.25, 0.3) is 11.5 Å². The van der Waals surface area contributed by atoms with Crippen molar-refractivity contribution in [1.29, 1.82) is 0 Å². The zero-order valence-corrected chi connectivity index (χ0v) is 11.7. The third-order valence-electron chi connectivity index (χ3n) is 3.82. The van der Waals surface area contributed by atoms with Crippen molar-refractivity contribution in [1.82, 2.24) is 15.0 Å². The van der Waals surface area contributed by atoms with Crippen LogP contribution in [0.25, 0.3) is 11.0 Å². The van der Waals surface area contributed by atoms with Crippen molar-refractivity contribution in [2.75, 3.05) is 5.32 Å². The maximum atomic E-state index is 12.2. The summed E-state index contributed by atoms with van der Waals surface area (Å²) >= 11 is 0. The Morgan fingerprint density at radius 1 is 1.14 bits per heavy atom. The van der Waals surface area contributed by atoms with Crippen LogP contribution in [-0.2, 0) is 0 Å². The number of carbonyl (C=O) groups is 1. The maximum Gasteiger partial charge on any atom is 0.263 e. The number of para-hydroxylation sites is 2. The minimum absolute atomic E-state index is 0.0878. The van der Waals surface area contributed by atoms with Crippen molar-refractivity contribution in [3.63, 3.8) is 0 Å². The second-order valence-corrected chi connectivity index (χ2v) is 5.49. The quantitative estimate of drug-likeness (QED) is 0.692. The Balaban J connectivity index is 1.60. The van der Waals surface area contributed by atoms with E-state index in [2.05, 4.69) is 20.3 Å². The van der Waals surface area contributed by atoms with Gasteiger partial charge < -0.3 is 9.97 Å². The first-order chi connectivity index (χ1) is 10.7. The number of anilines is 1. The molecular formula is C16H14N4O2. The number of benzene rings is 1. The summed E-state index contributed by atoms with van der Waals surface area (Å²) in [5.74, 6) is 0.305. The van der Waals surface area contributed by atoms with E-state index in [1.54, 1.807) is 6.07 Å². The van der Waals surface area contributed by atoms with Gasteiger partial charge >= 0.3 is 0 Å². The molecule has 0 aliphatic heterocycles. The van der Waals surface area contributed by atoms with Crippen LogP contribution in [-0.4, -0.2) is 20.9 Å². The van der Waals surface area contributed by atoms with Crippen molar-refractivity contribution in [2.45, 2.75) is 18.8 Å². The lowest BCUT2D eigenvalue weighted by atomic mass is 10.2. The molecule has 110 valence electrons. The van der Waals surface area contributed by atoms with E-state index >= 15 is 0 Å². The van der Waals surface area contributed by atoms with Crippen LogP contribution in [0, 0.1) is 0 Å². The number of carbonyl (C=O) groups excluding carboxylic acids is 1.